The molecule has 0 unspecified atom stereocenters. The SMILES string of the molecule is Nc1ccc(S(=O)(=O)N2CCNC(=O)C2)c2ccccc12. The van der Waals surface area contributed by atoms with Gasteiger partial charge in [-0.05, 0) is 12.1 Å². The summed E-state index contributed by atoms with van der Waals surface area (Å²) in [5.74, 6) is -0.287. The molecule has 1 fully saturated rings. The van der Waals surface area contributed by atoms with Crippen LogP contribution in [0.5, 0.6) is 0 Å². The number of hydrogen-bond donors (Lipinski definition) is 2. The Bertz CT molecular complexity index is 817. The molecule has 1 aliphatic rings. The van der Waals surface area contributed by atoms with Crippen molar-refractivity contribution in [2.45, 2.75) is 4.90 Å². The third kappa shape index (κ3) is 2.34. The number of anilines is 1. The number of fused-ring (bicyclic) bond motifs is 1. The summed E-state index contributed by atoms with van der Waals surface area (Å²) < 4.78 is 26.7. The van der Waals surface area contributed by atoms with Crippen molar-refractivity contribution in [2.24, 2.45) is 0 Å². The third-order valence-corrected chi connectivity index (χ3v) is 5.44. The maximum absolute atomic E-state index is 12.8. The van der Waals surface area contributed by atoms with E-state index in [9.17, 15) is 13.2 Å². The molecule has 2 aromatic rings. The van der Waals surface area contributed by atoms with Gasteiger partial charge in [0, 0.05) is 29.5 Å². The van der Waals surface area contributed by atoms with Crippen LogP contribution in [0, 0.1) is 0 Å². The first-order valence-corrected chi connectivity index (χ1v) is 7.98. The molecule has 1 aliphatic heterocycles. The summed E-state index contributed by atoms with van der Waals surface area (Å²) in [5.41, 5.74) is 6.42. The molecule has 3 N–H and O–H groups in total. The Balaban J connectivity index is 2.15. The van der Waals surface area contributed by atoms with E-state index < -0.39 is 10.0 Å². The highest BCUT2D eigenvalue weighted by Gasteiger charge is 2.30. The van der Waals surface area contributed by atoms with Crippen molar-refractivity contribution in [2.75, 3.05) is 25.4 Å². The number of sulfonamides is 1. The van der Waals surface area contributed by atoms with Crippen molar-refractivity contribution in [1.29, 1.82) is 0 Å². The standard InChI is InChI=1S/C14H15N3O3S/c15-12-5-6-13(11-4-2-1-3-10(11)12)21(19,20)17-8-7-16-14(18)9-17/h1-6H,7-9,15H2,(H,16,18). The lowest BCUT2D eigenvalue weighted by Gasteiger charge is -2.26. The molecule has 6 nitrogen and oxygen atoms in total. The van der Waals surface area contributed by atoms with E-state index >= 15 is 0 Å². The van der Waals surface area contributed by atoms with Gasteiger partial charge >= 0.3 is 0 Å². The summed E-state index contributed by atoms with van der Waals surface area (Å²) in [6.45, 7) is 0.443. The number of amides is 1. The highest BCUT2D eigenvalue weighted by Crippen LogP contribution is 2.29. The molecule has 110 valence electrons. The summed E-state index contributed by atoms with van der Waals surface area (Å²) in [4.78, 5) is 11.6. The topological polar surface area (TPSA) is 92.5 Å². The molecule has 0 aliphatic carbocycles. The van der Waals surface area contributed by atoms with Gasteiger partial charge < -0.3 is 11.1 Å². The Morgan fingerprint density at radius 2 is 1.81 bits per heavy atom. The van der Waals surface area contributed by atoms with Gasteiger partial charge in [-0.25, -0.2) is 8.42 Å². The molecule has 0 radical (unpaired) electrons. The second-order valence-electron chi connectivity index (χ2n) is 4.89. The predicted molar refractivity (Wildman–Crippen MR) is 80.1 cm³/mol. The average molecular weight is 305 g/mol. The van der Waals surface area contributed by atoms with Crippen LogP contribution in [0.2, 0.25) is 0 Å². The van der Waals surface area contributed by atoms with E-state index in [4.69, 9.17) is 5.73 Å². The van der Waals surface area contributed by atoms with Crippen molar-refractivity contribution in [3.05, 3.63) is 36.4 Å². The largest absolute Gasteiger partial charge is 0.398 e. The van der Waals surface area contributed by atoms with Gasteiger partial charge in [0.05, 0.1) is 11.4 Å². The quantitative estimate of drug-likeness (QED) is 0.792. The number of nitrogens with one attached hydrogen (secondary N) is 1. The summed E-state index contributed by atoms with van der Waals surface area (Å²) >= 11 is 0. The number of hydrogen-bond acceptors (Lipinski definition) is 4. The predicted octanol–water partition coefficient (Wildman–Crippen LogP) is 0.543. The monoisotopic (exact) mass is 305 g/mol. The van der Waals surface area contributed by atoms with Gasteiger partial charge in [-0.1, -0.05) is 24.3 Å². The zero-order valence-corrected chi connectivity index (χ0v) is 12.1. The van der Waals surface area contributed by atoms with Crippen molar-refractivity contribution < 1.29 is 13.2 Å². The van der Waals surface area contributed by atoms with Crippen molar-refractivity contribution in [3.63, 3.8) is 0 Å². The Morgan fingerprint density at radius 1 is 1.10 bits per heavy atom. The first kappa shape index (κ1) is 13.8. The number of benzene rings is 2. The van der Waals surface area contributed by atoms with Crippen LogP contribution in [0.3, 0.4) is 0 Å². The summed E-state index contributed by atoms with van der Waals surface area (Å²) in [5, 5.41) is 3.88. The van der Waals surface area contributed by atoms with Crippen molar-refractivity contribution in [3.8, 4) is 0 Å². The summed E-state index contributed by atoms with van der Waals surface area (Å²) in [6.07, 6.45) is 0. The number of nitrogens with two attached hydrogens (primary N) is 1. The number of carbonyl (C=O) groups is 1. The number of nitrogen functional groups attached to an aromatic ring is 1. The van der Waals surface area contributed by atoms with E-state index in [0.29, 0.717) is 23.0 Å². The van der Waals surface area contributed by atoms with Crippen LogP contribution in [-0.2, 0) is 14.8 Å². The normalized spacial score (nSPS) is 16.9. The van der Waals surface area contributed by atoms with E-state index in [2.05, 4.69) is 5.32 Å². The number of nitrogens with zero attached hydrogens (tertiary/aromatic N) is 1. The highest BCUT2D eigenvalue weighted by atomic mass is 32.2. The van der Waals surface area contributed by atoms with Crippen LogP contribution in [0.15, 0.2) is 41.3 Å². The lowest BCUT2D eigenvalue weighted by Crippen LogP contribution is -2.49. The zero-order valence-electron chi connectivity index (χ0n) is 11.2. The maximum atomic E-state index is 12.8. The van der Waals surface area contributed by atoms with E-state index in [1.165, 1.54) is 10.4 Å². The maximum Gasteiger partial charge on any atom is 0.244 e. The van der Waals surface area contributed by atoms with Crippen LogP contribution in [0.25, 0.3) is 10.8 Å². The van der Waals surface area contributed by atoms with Crippen molar-refractivity contribution >= 4 is 32.4 Å². The Morgan fingerprint density at radius 3 is 2.52 bits per heavy atom. The highest BCUT2D eigenvalue weighted by molar-refractivity contribution is 7.89. The molecule has 7 heteroatoms. The Labute approximate surface area is 122 Å². The fourth-order valence-corrected chi connectivity index (χ4v) is 4.07. The summed E-state index contributed by atoms with van der Waals surface area (Å²) in [7, 11) is -3.72. The van der Waals surface area contributed by atoms with E-state index in [1.807, 2.05) is 6.07 Å². The lowest BCUT2D eigenvalue weighted by atomic mass is 10.1. The van der Waals surface area contributed by atoms with Gasteiger partial charge in [0.25, 0.3) is 0 Å². The molecule has 21 heavy (non-hydrogen) atoms. The molecular weight excluding hydrogens is 290 g/mol. The molecule has 0 bridgehead atoms. The number of piperazine rings is 1. The number of carbonyl (C=O) groups excluding carboxylic acids is 1. The molecule has 0 spiro atoms. The molecule has 0 aromatic heterocycles. The van der Waals surface area contributed by atoms with Gasteiger partial charge in [0.1, 0.15) is 0 Å². The van der Waals surface area contributed by atoms with Crippen LogP contribution >= 0.6 is 0 Å². The first-order chi connectivity index (χ1) is 10.00. The minimum Gasteiger partial charge on any atom is -0.398 e. The molecule has 1 heterocycles. The number of rotatable bonds is 2. The van der Waals surface area contributed by atoms with E-state index in [-0.39, 0.29) is 23.9 Å². The van der Waals surface area contributed by atoms with Gasteiger partial charge in [-0.3, -0.25) is 4.79 Å². The molecule has 3 rings (SSSR count). The van der Waals surface area contributed by atoms with Gasteiger partial charge in [-0.15, -0.1) is 0 Å². The van der Waals surface area contributed by atoms with Crippen LogP contribution in [0.1, 0.15) is 0 Å². The Kier molecular flexibility index (Phi) is 3.30. The first-order valence-electron chi connectivity index (χ1n) is 6.54. The van der Waals surface area contributed by atoms with Gasteiger partial charge in [0.2, 0.25) is 15.9 Å². The fourth-order valence-electron chi connectivity index (χ4n) is 2.48. The zero-order chi connectivity index (χ0) is 15.0. The van der Waals surface area contributed by atoms with Crippen molar-refractivity contribution in [1.82, 2.24) is 9.62 Å². The van der Waals surface area contributed by atoms with E-state index in [1.54, 1.807) is 24.3 Å². The lowest BCUT2D eigenvalue weighted by molar-refractivity contribution is -0.122. The molecule has 1 amide bonds. The Hall–Kier alpha value is -2.12. The molecule has 0 atom stereocenters. The molecule has 1 saturated heterocycles. The van der Waals surface area contributed by atoms with Crippen LogP contribution < -0.4 is 11.1 Å². The minimum absolute atomic E-state index is 0.152. The molecule has 0 saturated carbocycles. The molecule has 2 aromatic carbocycles. The molecular formula is C14H15N3O3S. The minimum atomic E-state index is -3.72. The average Bonchev–Trinajstić information content (AvgIpc) is 2.47. The van der Waals surface area contributed by atoms with Crippen LogP contribution in [0.4, 0.5) is 5.69 Å². The van der Waals surface area contributed by atoms with E-state index in [0.717, 1.165) is 0 Å². The fraction of sp³-hybridized carbons (Fsp3) is 0.214. The summed E-state index contributed by atoms with van der Waals surface area (Å²) in [6, 6.07) is 10.2. The van der Waals surface area contributed by atoms with Gasteiger partial charge in [0.15, 0.2) is 0 Å². The smallest absolute Gasteiger partial charge is 0.244 e. The van der Waals surface area contributed by atoms with Crippen LogP contribution in [-0.4, -0.2) is 38.3 Å². The second-order valence-corrected chi connectivity index (χ2v) is 6.79. The third-order valence-electron chi connectivity index (χ3n) is 3.54. The second kappa shape index (κ2) is 5.01. The van der Waals surface area contributed by atoms with Gasteiger partial charge in [-0.2, -0.15) is 4.31 Å².